The van der Waals surface area contributed by atoms with Gasteiger partial charge in [-0.25, -0.2) is 9.40 Å². The van der Waals surface area contributed by atoms with Gasteiger partial charge < -0.3 is 5.11 Å². The van der Waals surface area contributed by atoms with Gasteiger partial charge in [0.2, 0.25) is 0 Å². The number of rotatable bonds is 3. The van der Waals surface area contributed by atoms with Crippen LogP contribution in [0.2, 0.25) is 0 Å². The molecule has 120 valence electrons. The molecule has 0 spiro atoms. The summed E-state index contributed by atoms with van der Waals surface area (Å²) in [7, 11) is 0. The highest BCUT2D eigenvalue weighted by atomic mass is 19.1. The van der Waals surface area contributed by atoms with Crippen molar-refractivity contribution in [3.63, 3.8) is 0 Å². The molecule has 0 aliphatic heterocycles. The number of aliphatic hydroxyl groups is 1. The van der Waals surface area contributed by atoms with Crippen LogP contribution < -0.4 is 10.4 Å². The van der Waals surface area contributed by atoms with Crippen LogP contribution in [0.5, 0.6) is 0 Å². The standard InChI is InChI=1S/C17H17FN2O3/c1-17(2,23)16(22)19-20(14-6-4-3-5-7-14)15(21)12-8-10-13(18)11-9-12/h3-11,23H,1-2H3,(H,19,22). The maximum absolute atomic E-state index is 13.0. The average Bonchev–Trinajstić information content (AvgIpc) is 2.52. The van der Waals surface area contributed by atoms with Crippen molar-refractivity contribution in [2.24, 2.45) is 0 Å². The molecule has 0 saturated heterocycles. The Hall–Kier alpha value is -2.73. The van der Waals surface area contributed by atoms with Crippen LogP contribution in [0.3, 0.4) is 0 Å². The molecule has 23 heavy (non-hydrogen) atoms. The van der Waals surface area contributed by atoms with Crippen molar-refractivity contribution >= 4 is 17.5 Å². The van der Waals surface area contributed by atoms with Gasteiger partial charge in [0, 0.05) is 5.56 Å². The van der Waals surface area contributed by atoms with Crippen LogP contribution in [0.1, 0.15) is 24.2 Å². The van der Waals surface area contributed by atoms with Crippen molar-refractivity contribution in [1.82, 2.24) is 5.43 Å². The van der Waals surface area contributed by atoms with E-state index in [0.29, 0.717) is 5.69 Å². The zero-order valence-corrected chi connectivity index (χ0v) is 12.8. The summed E-state index contributed by atoms with van der Waals surface area (Å²) < 4.78 is 13.0. The van der Waals surface area contributed by atoms with Gasteiger partial charge in [-0.15, -0.1) is 0 Å². The molecule has 0 aliphatic rings. The fraction of sp³-hybridized carbons (Fsp3) is 0.176. The second-order valence-corrected chi connectivity index (χ2v) is 5.48. The van der Waals surface area contributed by atoms with Crippen molar-refractivity contribution in [2.75, 3.05) is 5.01 Å². The first-order valence-electron chi connectivity index (χ1n) is 6.97. The summed E-state index contributed by atoms with van der Waals surface area (Å²) in [5.41, 5.74) is 1.35. The highest BCUT2D eigenvalue weighted by Crippen LogP contribution is 2.16. The molecule has 2 aromatic carbocycles. The molecule has 6 heteroatoms. The molecule has 2 amide bonds. The van der Waals surface area contributed by atoms with E-state index in [4.69, 9.17) is 0 Å². The molecule has 0 aliphatic carbocycles. The third-order valence-corrected chi connectivity index (χ3v) is 3.08. The second kappa shape index (κ2) is 6.58. The van der Waals surface area contributed by atoms with Crippen molar-refractivity contribution in [3.8, 4) is 0 Å². The number of hydrazine groups is 1. The third-order valence-electron chi connectivity index (χ3n) is 3.08. The zero-order valence-electron chi connectivity index (χ0n) is 12.8. The van der Waals surface area contributed by atoms with Crippen LogP contribution in [-0.2, 0) is 4.79 Å². The van der Waals surface area contributed by atoms with Crippen LogP contribution in [0.4, 0.5) is 10.1 Å². The minimum Gasteiger partial charge on any atom is -0.381 e. The summed E-state index contributed by atoms with van der Waals surface area (Å²) in [5.74, 6) is -1.75. The topological polar surface area (TPSA) is 69.6 Å². The first-order valence-corrected chi connectivity index (χ1v) is 6.97. The molecular formula is C17H17FN2O3. The maximum Gasteiger partial charge on any atom is 0.277 e. The molecule has 5 nitrogen and oxygen atoms in total. The third kappa shape index (κ3) is 4.14. The summed E-state index contributed by atoms with van der Waals surface area (Å²) >= 11 is 0. The van der Waals surface area contributed by atoms with Crippen molar-refractivity contribution < 1.29 is 19.1 Å². The first kappa shape index (κ1) is 16.6. The van der Waals surface area contributed by atoms with Gasteiger partial charge in [-0.1, -0.05) is 18.2 Å². The van der Waals surface area contributed by atoms with Crippen LogP contribution in [0.15, 0.2) is 54.6 Å². The lowest BCUT2D eigenvalue weighted by Crippen LogP contribution is -2.53. The van der Waals surface area contributed by atoms with Crippen LogP contribution in [-0.4, -0.2) is 22.5 Å². The van der Waals surface area contributed by atoms with E-state index >= 15 is 0 Å². The minimum atomic E-state index is -1.66. The molecule has 0 atom stereocenters. The second-order valence-electron chi connectivity index (χ2n) is 5.48. The van der Waals surface area contributed by atoms with Gasteiger partial charge in [0.1, 0.15) is 11.4 Å². The quantitative estimate of drug-likeness (QED) is 0.854. The number of hydrogen-bond acceptors (Lipinski definition) is 3. The molecule has 0 radical (unpaired) electrons. The molecule has 2 rings (SSSR count). The van der Waals surface area contributed by atoms with E-state index in [2.05, 4.69) is 5.43 Å². The fourth-order valence-electron chi connectivity index (χ4n) is 1.77. The molecule has 2 aromatic rings. The number of nitrogens with one attached hydrogen (secondary N) is 1. The molecule has 0 aromatic heterocycles. The predicted molar refractivity (Wildman–Crippen MR) is 84.1 cm³/mol. The van der Waals surface area contributed by atoms with E-state index in [1.807, 2.05) is 0 Å². The number of anilines is 1. The van der Waals surface area contributed by atoms with Gasteiger partial charge >= 0.3 is 0 Å². The molecule has 0 bridgehead atoms. The van der Waals surface area contributed by atoms with Gasteiger partial charge in [0.25, 0.3) is 11.8 Å². The van der Waals surface area contributed by atoms with Crippen LogP contribution in [0.25, 0.3) is 0 Å². The van der Waals surface area contributed by atoms with Gasteiger partial charge in [-0.05, 0) is 50.2 Å². The van der Waals surface area contributed by atoms with E-state index in [-0.39, 0.29) is 5.56 Å². The number of benzene rings is 2. The van der Waals surface area contributed by atoms with E-state index in [9.17, 15) is 19.1 Å². The van der Waals surface area contributed by atoms with Crippen LogP contribution >= 0.6 is 0 Å². The Balaban J connectivity index is 2.35. The molecular weight excluding hydrogens is 299 g/mol. The van der Waals surface area contributed by atoms with Crippen molar-refractivity contribution in [2.45, 2.75) is 19.4 Å². The fourth-order valence-corrected chi connectivity index (χ4v) is 1.77. The number of carbonyl (C=O) groups is 2. The normalized spacial score (nSPS) is 11.0. The molecule has 2 N–H and O–H groups in total. The average molecular weight is 316 g/mol. The highest BCUT2D eigenvalue weighted by molar-refractivity contribution is 6.07. The summed E-state index contributed by atoms with van der Waals surface area (Å²) in [6.45, 7) is 2.63. The van der Waals surface area contributed by atoms with Crippen molar-refractivity contribution in [3.05, 3.63) is 66.0 Å². The maximum atomic E-state index is 13.0. The summed E-state index contributed by atoms with van der Waals surface area (Å²) in [6, 6.07) is 13.4. The number of amides is 2. The molecule has 0 unspecified atom stereocenters. The Kier molecular flexibility index (Phi) is 4.76. The molecule has 0 fully saturated rings. The van der Waals surface area contributed by atoms with E-state index in [1.54, 1.807) is 30.3 Å². The monoisotopic (exact) mass is 316 g/mol. The van der Waals surface area contributed by atoms with E-state index in [1.165, 1.54) is 26.0 Å². The lowest BCUT2D eigenvalue weighted by molar-refractivity contribution is -0.136. The Morgan fingerprint density at radius 3 is 2.13 bits per heavy atom. The lowest BCUT2D eigenvalue weighted by Gasteiger charge is -2.27. The number of carbonyl (C=O) groups excluding carboxylic acids is 2. The van der Waals surface area contributed by atoms with Gasteiger partial charge in [0.05, 0.1) is 5.69 Å². The number of para-hydroxylation sites is 1. The minimum absolute atomic E-state index is 0.200. The number of nitrogens with zero attached hydrogens (tertiary/aromatic N) is 1. The Labute approximate surface area is 133 Å². The number of hydrogen-bond donors (Lipinski definition) is 2. The Morgan fingerprint density at radius 2 is 1.61 bits per heavy atom. The summed E-state index contributed by atoms with van der Waals surface area (Å²) in [4.78, 5) is 24.6. The molecule has 0 saturated carbocycles. The zero-order chi connectivity index (χ0) is 17.0. The smallest absolute Gasteiger partial charge is 0.277 e. The van der Waals surface area contributed by atoms with Crippen molar-refractivity contribution in [1.29, 1.82) is 0 Å². The molecule has 0 heterocycles. The SMILES string of the molecule is CC(C)(O)C(=O)NN(C(=O)c1ccc(F)cc1)c1ccccc1. The van der Waals surface area contributed by atoms with Crippen LogP contribution in [0, 0.1) is 5.82 Å². The van der Waals surface area contributed by atoms with Gasteiger partial charge in [-0.2, -0.15) is 0 Å². The first-order chi connectivity index (χ1) is 10.8. The van der Waals surface area contributed by atoms with Gasteiger partial charge in [0.15, 0.2) is 0 Å². The Bertz CT molecular complexity index is 694. The summed E-state index contributed by atoms with van der Waals surface area (Å²) in [6.07, 6.45) is 0. The highest BCUT2D eigenvalue weighted by Gasteiger charge is 2.28. The Morgan fingerprint density at radius 1 is 1.04 bits per heavy atom. The van der Waals surface area contributed by atoms with E-state index < -0.39 is 23.2 Å². The van der Waals surface area contributed by atoms with Gasteiger partial charge in [-0.3, -0.25) is 15.0 Å². The number of halogens is 1. The largest absolute Gasteiger partial charge is 0.381 e. The summed E-state index contributed by atoms with van der Waals surface area (Å²) in [5, 5.41) is 10.8. The lowest BCUT2D eigenvalue weighted by atomic mass is 10.1. The predicted octanol–water partition coefficient (Wildman–Crippen LogP) is 2.27. The van der Waals surface area contributed by atoms with E-state index in [0.717, 1.165) is 17.1 Å².